The molecule has 0 saturated heterocycles. The normalized spacial score (nSPS) is 10.8. The number of hydrogen-bond acceptors (Lipinski definition) is 4. The molecule has 114 valence electrons. The van der Waals surface area contributed by atoms with Crippen LogP contribution in [0.25, 0.3) is 11.0 Å². The number of fused-ring (bicyclic) bond motifs is 1. The van der Waals surface area contributed by atoms with Gasteiger partial charge in [-0.25, -0.2) is 9.78 Å². The first-order valence-corrected chi connectivity index (χ1v) is 7.81. The Morgan fingerprint density at radius 3 is 2.95 bits per heavy atom. The summed E-state index contributed by atoms with van der Waals surface area (Å²) in [5.74, 6) is 0.747. The van der Waals surface area contributed by atoms with Crippen molar-refractivity contribution < 1.29 is 9.21 Å². The molecule has 6 heteroatoms. The van der Waals surface area contributed by atoms with Gasteiger partial charge >= 0.3 is 6.03 Å². The third-order valence-corrected chi connectivity index (χ3v) is 4.20. The molecule has 0 bridgehead atoms. The SMILES string of the molecule is Cc1ncc(CN(C)C(=O)NCc2cc3ccccc3o2)s1. The number of aryl methyl sites for hydroxylation is 1. The zero-order chi connectivity index (χ0) is 15.5. The second-order valence-corrected chi connectivity index (χ2v) is 6.43. The first kappa shape index (κ1) is 14.6. The number of thiazole rings is 1. The molecule has 22 heavy (non-hydrogen) atoms. The molecule has 2 aromatic heterocycles. The fourth-order valence-corrected chi connectivity index (χ4v) is 3.05. The van der Waals surface area contributed by atoms with E-state index < -0.39 is 0 Å². The maximum atomic E-state index is 12.1. The minimum absolute atomic E-state index is 0.133. The highest BCUT2D eigenvalue weighted by Gasteiger charge is 2.11. The van der Waals surface area contributed by atoms with Crippen LogP contribution in [-0.4, -0.2) is 23.0 Å². The largest absolute Gasteiger partial charge is 0.459 e. The summed E-state index contributed by atoms with van der Waals surface area (Å²) in [6.07, 6.45) is 1.81. The molecule has 2 amide bonds. The van der Waals surface area contributed by atoms with E-state index in [-0.39, 0.29) is 6.03 Å². The van der Waals surface area contributed by atoms with Gasteiger partial charge in [0.1, 0.15) is 11.3 Å². The van der Waals surface area contributed by atoms with E-state index in [2.05, 4.69) is 10.3 Å². The molecule has 0 aliphatic rings. The van der Waals surface area contributed by atoms with Crippen LogP contribution in [0.3, 0.4) is 0 Å². The molecule has 0 spiro atoms. The van der Waals surface area contributed by atoms with Gasteiger partial charge in [0.15, 0.2) is 0 Å². The first-order valence-electron chi connectivity index (χ1n) is 6.99. The molecular formula is C16H17N3O2S. The third-order valence-electron chi connectivity index (χ3n) is 3.30. The fourth-order valence-electron chi connectivity index (χ4n) is 2.21. The summed E-state index contributed by atoms with van der Waals surface area (Å²) in [5.41, 5.74) is 0.834. The van der Waals surface area contributed by atoms with Gasteiger partial charge in [0, 0.05) is 23.5 Å². The Balaban J connectivity index is 1.57. The van der Waals surface area contributed by atoms with Crippen LogP contribution in [0.1, 0.15) is 15.6 Å². The Morgan fingerprint density at radius 2 is 2.23 bits per heavy atom. The predicted octanol–water partition coefficient (Wildman–Crippen LogP) is 3.54. The van der Waals surface area contributed by atoms with Crippen molar-refractivity contribution in [2.75, 3.05) is 7.05 Å². The molecule has 1 N–H and O–H groups in total. The first-order chi connectivity index (χ1) is 10.6. The fraction of sp³-hybridized carbons (Fsp3) is 0.250. The number of rotatable bonds is 4. The molecule has 0 aliphatic carbocycles. The van der Waals surface area contributed by atoms with Gasteiger partial charge in [-0.3, -0.25) is 0 Å². The highest BCUT2D eigenvalue weighted by molar-refractivity contribution is 7.11. The van der Waals surface area contributed by atoms with E-state index in [0.29, 0.717) is 13.1 Å². The topological polar surface area (TPSA) is 58.4 Å². The molecule has 0 saturated carbocycles. The lowest BCUT2D eigenvalue weighted by atomic mass is 10.2. The standard InChI is InChI=1S/C16H17N3O2S/c1-11-17-9-14(22-11)10-19(2)16(20)18-8-13-7-12-5-3-4-6-15(12)21-13/h3-7,9H,8,10H2,1-2H3,(H,18,20). The molecule has 0 atom stereocenters. The number of nitrogens with one attached hydrogen (secondary N) is 1. The van der Waals surface area contributed by atoms with Crippen LogP contribution in [0.4, 0.5) is 4.79 Å². The summed E-state index contributed by atoms with van der Waals surface area (Å²) in [6, 6.07) is 9.61. The van der Waals surface area contributed by atoms with Gasteiger partial charge in [-0.1, -0.05) is 18.2 Å². The van der Waals surface area contributed by atoms with Crippen LogP contribution >= 0.6 is 11.3 Å². The van der Waals surface area contributed by atoms with Crippen LogP contribution in [0, 0.1) is 6.92 Å². The third kappa shape index (κ3) is 3.28. The van der Waals surface area contributed by atoms with Crippen molar-refractivity contribution in [2.24, 2.45) is 0 Å². The summed E-state index contributed by atoms with van der Waals surface area (Å²) >= 11 is 1.60. The van der Waals surface area contributed by atoms with Gasteiger partial charge < -0.3 is 14.6 Å². The second kappa shape index (κ2) is 6.19. The van der Waals surface area contributed by atoms with E-state index in [1.165, 1.54) is 0 Å². The van der Waals surface area contributed by atoms with E-state index in [4.69, 9.17) is 4.42 Å². The summed E-state index contributed by atoms with van der Waals surface area (Å²) in [5, 5.41) is 4.91. The Kier molecular flexibility index (Phi) is 4.11. The van der Waals surface area contributed by atoms with Crippen molar-refractivity contribution in [1.82, 2.24) is 15.2 Å². The Morgan fingerprint density at radius 1 is 1.41 bits per heavy atom. The minimum Gasteiger partial charge on any atom is -0.459 e. The molecule has 0 radical (unpaired) electrons. The molecular weight excluding hydrogens is 298 g/mol. The number of aromatic nitrogens is 1. The van der Waals surface area contributed by atoms with Crippen LogP contribution in [-0.2, 0) is 13.1 Å². The van der Waals surface area contributed by atoms with Gasteiger partial charge in [-0.05, 0) is 19.1 Å². The Hall–Kier alpha value is -2.34. The van der Waals surface area contributed by atoms with E-state index in [9.17, 15) is 4.79 Å². The number of carbonyl (C=O) groups excluding carboxylic acids is 1. The lowest BCUT2D eigenvalue weighted by Gasteiger charge is -2.16. The number of benzene rings is 1. The monoisotopic (exact) mass is 315 g/mol. The Bertz CT molecular complexity index is 760. The van der Waals surface area contributed by atoms with E-state index >= 15 is 0 Å². The number of amides is 2. The second-order valence-electron chi connectivity index (χ2n) is 5.11. The average molecular weight is 315 g/mol. The summed E-state index contributed by atoms with van der Waals surface area (Å²) in [6.45, 7) is 2.88. The number of carbonyl (C=O) groups is 1. The van der Waals surface area contributed by atoms with Crippen molar-refractivity contribution in [2.45, 2.75) is 20.0 Å². The smallest absolute Gasteiger partial charge is 0.317 e. The van der Waals surface area contributed by atoms with Crippen LogP contribution in [0.15, 0.2) is 40.9 Å². The van der Waals surface area contributed by atoms with Crippen molar-refractivity contribution in [3.05, 3.63) is 52.2 Å². The highest BCUT2D eigenvalue weighted by Crippen LogP contribution is 2.18. The van der Waals surface area contributed by atoms with Crippen molar-refractivity contribution in [3.63, 3.8) is 0 Å². The van der Waals surface area contributed by atoms with Gasteiger partial charge in [0.05, 0.1) is 18.1 Å². The minimum atomic E-state index is -0.133. The zero-order valence-corrected chi connectivity index (χ0v) is 13.3. The van der Waals surface area contributed by atoms with Gasteiger partial charge in [0.2, 0.25) is 0 Å². The van der Waals surface area contributed by atoms with Crippen molar-refractivity contribution in [1.29, 1.82) is 0 Å². The molecule has 5 nitrogen and oxygen atoms in total. The van der Waals surface area contributed by atoms with Crippen molar-refractivity contribution in [3.8, 4) is 0 Å². The van der Waals surface area contributed by atoms with Crippen LogP contribution in [0.5, 0.6) is 0 Å². The number of para-hydroxylation sites is 1. The van der Waals surface area contributed by atoms with Gasteiger partial charge in [-0.15, -0.1) is 11.3 Å². The maximum Gasteiger partial charge on any atom is 0.317 e. The lowest BCUT2D eigenvalue weighted by molar-refractivity contribution is 0.206. The molecule has 0 unspecified atom stereocenters. The van der Waals surface area contributed by atoms with Gasteiger partial charge in [-0.2, -0.15) is 0 Å². The number of urea groups is 1. The highest BCUT2D eigenvalue weighted by atomic mass is 32.1. The Labute approximate surface area is 132 Å². The van der Waals surface area contributed by atoms with Crippen LogP contribution < -0.4 is 5.32 Å². The molecule has 1 aromatic carbocycles. The maximum absolute atomic E-state index is 12.1. The molecule has 0 aliphatic heterocycles. The lowest BCUT2D eigenvalue weighted by Crippen LogP contribution is -2.36. The van der Waals surface area contributed by atoms with E-state index in [0.717, 1.165) is 26.6 Å². The van der Waals surface area contributed by atoms with Gasteiger partial charge in [0.25, 0.3) is 0 Å². The zero-order valence-electron chi connectivity index (χ0n) is 12.5. The quantitative estimate of drug-likeness (QED) is 0.801. The molecule has 2 heterocycles. The number of hydrogen-bond donors (Lipinski definition) is 1. The molecule has 3 rings (SSSR count). The van der Waals surface area contributed by atoms with E-state index in [1.807, 2.05) is 43.5 Å². The number of furan rings is 1. The van der Waals surface area contributed by atoms with Crippen molar-refractivity contribution >= 4 is 28.3 Å². The number of nitrogens with zero attached hydrogens (tertiary/aromatic N) is 2. The summed E-state index contributed by atoms with van der Waals surface area (Å²) in [7, 11) is 1.77. The van der Waals surface area contributed by atoms with Crippen LogP contribution in [0.2, 0.25) is 0 Å². The van der Waals surface area contributed by atoms with E-state index in [1.54, 1.807) is 23.3 Å². The average Bonchev–Trinajstić information content (AvgIpc) is 3.10. The predicted molar refractivity (Wildman–Crippen MR) is 86.8 cm³/mol. The molecule has 0 fully saturated rings. The summed E-state index contributed by atoms with van der Waals surface area (Å²) < 4.78 is 5.68. The summed E-state index contributed by atoms with van der Waals surface area (Å²) in [4.78, 5) is 19.0. The molecule has 3 aromatic rings.